The lowest BCUT2D eigenvalue weighted by Gasteiger charge is -2.17. The highest BCUT2D eigenvalue weighted by atomic mass is 35.5. The van der Waals surface area contributed by atoms with Crippen molar-refractivity contribution in [3.63, 3.8) is 0 Å². The second-order valence-electron chi connectivity index (χ2n) is 6.66. The Labute approximate surface area is 158 Å². The van der Waals surface area contributed by atoms with Crippen LogP contribution in [0.1, 0.15) is 24.1 Å². The summed E-state index contributed by atoms with van der Waals surface area (Å²) >= 11 is 5.99. The van der Waals surface area contributed by atoms with Crippen molar-refractivity contribution in [2.45, 2.75) is 38.8 Å². The molecule has 0 spiro atoms. The van der Waals surface area contributed by atoms with Crippen LogP contribution in [-0.2, 0) is 22.6 Å². The summed E-state index contributed by atoms with van der Waals surface area (Å²) in [4.78, 5) is 26.1. The molecule has 1 N–H and O–H groups in total. The maximum Gasteiger partial charge on any atom is 0.224 e. The SMILES string of the molecule is Cc1ccn(CCC(=O)N[C@H]2CC(=O)N(CCc3cccc(Cl)c3)C2)n1. The van der Waals surface area contributed by atoms with Crippen molar-refractivity contribution < 1.29 is 9.59 Å². The molecule has 1 fully saturated rings. The van der Waals surface area contributed by atoms with Gasteiger partial charge in [0.2, 0.25) is 11.8 Å². The minimum Gasteiger partial charge on any atom is -0.351 e. The lowest BCUT2D eigenvalue weighted by atomic mass is 10.1. The van der Waals surface area contributed by atoms with Gasteiger partial charge in [0, 0.05) is 43.7 Å². The molecule has 1 saturated heterocycles. The number of rotatable bonds is 7. The first-order chi connectivity index (χ1) is 12.5. The Morgan fingerprint density at radius 1 is 1.35 bits per heavy atom. The summed E-state index contributed by atoms with van der Waals surface area (Å²) in [6.07, 6.45) is 3.33. The normalized spacial score (nSPS) is 16.9. The third kappa shape index (κ3) is 5.08. The molecule has 2 aromatic rings. The number of carbonyl (C=O) groups is 2. The van der Waals surface area contributed by atoms with Crippen molar-refractivity contribution >= 4 is 23.4 Å². The maximum absolute atomic E-state index is 12.2. The molecule has 0 saturated carbocycles. The number of halogens is 1. The number of hydrogen-bond acceptors (Lipinski definition) is 3. The molecule has 0 bridgehead atoms. The first kappa shape index (κ1) is 18.5. The number of likely N-dealkylation sites (tertiary alicyclic amines) is 1. The molecular formula is C19H23ClN4O2. The van der Waals surface area contributed by atoms with E-state index < -0.39 is 0 Å². The van der Waals surface area contributed by atoms with E-state index in [1.807, 2.05) is 48.4 Å². The Morgan fingerprint density at radius 2 is 2.19 bits per heavy atom. The van der Waals surface area contributed by atoms with Crippen molar-refractivity contribution in [3.8, 4) is 0 Å². The van der Waals surface area contributed by atoms with Gasteiger partial charge in [-0.15, -0.1) is 0 Å². The molecule has 1 aromatic carbocycles. The second kappa shape index (κ2) is 8.36. The van der Waals surface area contributed by atoms with E-state index in [0.29, 0.717) is 37.5 Å². The Morgan fingerprint density at radius 3 is 2.92 bits per heavy atom. The summed E-state index contributed by atoms with van der Waals surface area (Å²) < 4.78 is 1.76. The quantitative estimate of drug-likeness (QED) is 0.807. The summed E-state index contributed by atoms with van der Waals surface area (Å²) in [6.45, 7) is 3.65. The molecule has 1 aliphatic heterocycles. The summed E-state index contributed by atoms with van der Waals surface area (Å²) in [7, 11) is 0. The van der Waals surface area contributed by atoms with Crippen LogP contribution in [0.25, 0.3) is 0 Å². The van der Waals surface area contributed by atoms with Crippen LogP contribution in [-0.4, -0.2) is 45.6 Å². The maximum atomic E-state index is 12.2. The number of hydrogen-bond donors (Lipinski definition) is 1. The Balaban J connectivity index is 1.42. The standard InChI is InChI=1S/C19H23ClN4O2/c1-14-5-9-24(22-14)10-7-18(25)21-17-12-19(26)23(13-17)8-6-15-3-2-4-16(20)11-15/h2-5,9,11,17H,6-8,10,12-13H2,1H3,(H,21,25)/t17-/m0/s1. The van der Waals surface area contributed by atoms with Gasteiger partial charge >= 0.3 is 0 Å². The highest BCUT2D eigenvalue weighted by Crippen LogP contribution is 2.15. The molecule has 2 amide bonds. The molecule has 0 unspecified atom stereocenters. The van der Waals surface area contributed by atoms with Gasteiger partial charge in [0.25, 0.3) is 0 Å². The van der Waals surface area contributed by atoms with E-state index >= 15 is 0 Å². The van der Waals surface area contributed by atoms with Gasteiger partial charge < -0.3 is 10.2 Å². The highest BCUT2D eigenvalue weighted by Gasteiger charge is 2.30. The van der Waals surface area contributed by atoms with Crippen LogP contribution in [0, 0.1) is 6.92 Å². The molecule has 7 heteroatoms. The molecular weight excluding hydrogens is 352 g/mol. The molecule has 2 heterocycles. The minimum atomic E-state index is -0.117. The van der Waals surface area contributed by atoms with E-state index in [0.717, 1.165) is 17.7 Å². The van der Waals surface area contributed by atoms with Gasteiger partial charge in [0.05, 0.1) is 11.7 Å². The molecule has 6 nitrogen and oxygen atoms in total. The Kier molecular flexibility index (Phi) is 5.93. The minimum absolute atomic E-state index is 0.0485. The van der Waals surface area contributed by atoms with Gasteiger partial charge in [-0.05, 0) is 37.1 Å². The number of aromatic nitrogens is 2. The van der Waals surface area contributed by atoms with E-state index in [1.165, 1.54) is 0 Å². The third-order valence-corrected chi connectivity index (χ3v) is 4.72. The second-order valence-corrected chi connectivity index (χ2v) is 7.09. The Hall–Kier alpha value is -2.34. The largest absolute Gasteiger partial charge is 0.351 e. The van der Waals surface area contributed by atoms with Crippen LogP contribution in [0.15, 0.2) is 36.5 Å². The number of nitrogens with one attached hydrogen (secondary N) is 1. The fourth-order valence-electron chi connectivity index (χ4n) is 3.15. The van der Waals surface area contributed by atoms with E-state index in [4.69, 9.17) is 11.6 Å². The van der Waals surface area contributed by atoms with Crippen LogP contribution in [0.2, 0.25) is 5.02 Å². The molecule has 1 aliphatic rings. The first-order valence-corrected chi connectivity index (χ1v) is 9.19. The average molecular weight is 375 g/mol. The molecule has 26 heavy (non-hydrogen) atoms. The highest BCUT2D eigenvalue weighted by molar-refractivity contribution is 6.30. The molecule has 3 rings (SSSR count). The molecule has 0 radical (unpaired) electrons. The van der Waals surface area contributed by atoms with Crippen LogP contribution in [0.5, 0.6) is 0 Å². The zero-order valence-electron chi connectivity index (χ0n) is 14.8. The fraction of sp³-hybridized carbons (Fsp3) is 0.421. The number of amides is 2. The van der Waals surface area contributed by atoms with Crippen molar-refractivity contribution in [1.82, 2.24) is 20.0 Å². The van der Waals surface area contributed by atoms with Gasteiger partial charge in [-0.25, -0.2) is 0 Å². The van der Waals surface area contributed by atoms with E-state index in [-0.39, 0.29) is 17.9 Å². The molecule has 0 aliphatic carbocycles. The van der Waals surface area contributed by atoms with Crippen LogP contribution in [0.4, 0.5) is 0 Å². The van der Waals surface area contributed by atoms with Crippen molar-refractivity contribution in [1.29, 1.82) is 0 Å². The number of aryl methyl sites for hydroxylation is 2. The van der Waals surface area contributed by atoms with Gasteiger partial charge in [0.15, 0.2) is 0 Å². The van der Waals surface area contributed by atoms with E-state index in [2.05, 4.69) is 10.4 Å². The predicted molar refractivity (Wildman–Crippen MR) is 99.9 cm³/mol. The summed E-state index contributed by atoms with van der Waals surface area (Å²) in [6, 6.07) is 9.45. The topological polar surface area (TPSA) is 67.2 Å². The van der Waals surface area contributed by atoms with Crippen LogP contribution in [0.3, 0.4) is 0 Å². The van der Waals surface area contributed by atoms with Gasteiger partial charge in [-0.1, -0.05) is 23.7 Å². The molecule has 1 aromatic heterocycles. The van der Waals surface area contributed by atoms with Crippen molar-refractivity contribution in [3.05, 3.63) is 52.8 Å². The predicted octanol–water partition coefficient (Wildman–Crippen LogP) is 2.19. The third-order valence-electron chi connectivity index (χ3n) is 4.48. The summed E-state index contributed by atoms with van der Waals surface area (Å²) in [5.74, 6) is 0.0349. The number of benzene rings is 1. The summed E-state index contributed by atoms with van der Waals surface area (Å²) in [5, 5.41) is 7.92. The summed E-state index contributed by atoms with van der Waals surface area (Å²) in [5.41, 5.74) is 2.04. The Bertz CT molecular complexity index is 789. The smallest absolute Gasteiger partial charge is 0.224 e. The number of carbonyl (C=O) groups excluding carboxylic acids is 2. The molecule has 138 valence electrons. The van der Waals surface area contributed by atoms with Gasteiger partial charge in [-0.3, -0.25) is 14.3 Å². The van der Waals surface area contributed by atoms with Crippen molar-refractivity contribution in [2.24, 2.45) is 0 Å². The van der Waals surface area contributed by atoms with Gasteiger partial charge in [0.1, 0.15) is 0 Å². The zero-order chi connectivity index (χ0) is 18.5. The lowest BCUT2D eigenvalue weighted by molar-refractivity contribution is -0.127. The monoisotopic (exact) mass is 374 g/mol. The van der Waals surface area contributed by atoms with Crippen molar-refractivity contribution in [2.75, 3.05) is 13.1 Å². The zero-order valence-corrected chi connectivity index (χ0v) is 15.6. The van der Waals surface area contributed by atoms with Crippen LogP contribution >= 0.6 is 11.6 Å². The van der Waals surface area contributed by atoms with Gasteiger partial charge in [-0.2, -0.15) is 5.10 Å². The molecule has 1 atom stereocenters. The fourth-order valence-corrected chi connectivity index (χ4v) is 3.36. The average Bonchev–Trinajstić information content (AvgIpc) is 3.16. The lowest BCUT2D eigenvalue weighted by Crippen LogP contribution is -2.37. The van der Waals surface area contributed by atoms with E-state index in [1.54, 1.807) is 4.68 Å². The number of nitrogens with zero attached hydrogens (tertiary/aromatic N) is 3. The first-order valence-electron chi connectivity index (χ1n) is 8.81. The van der Waals surface area contributed by atoms with Crippen LogP contribution < -0.4 is 5.32 Å². The van der Waals surface area contributed by atoms with E-state index in [9.17, 15) is 9.59 Å².